The van der Waals surface area contributed by atoms with E-state index in [1.807, 2.05) is 0 Å². The molecule has 2 aromatic heterocycles. The number of carbonyl (C=O) groups excluding carboxylic acids is 1. The van der Waals surface area contributed by atoms with Gasteiger partial charge in [-0.15, -0.1) is 0 Å². The third-order valence-corrected chi connectivity index (χ3v) is 4.78. The van der Waals surface area contributed by atoms with Gasteiger partial charge in [-0.05, 0) is 55.0 Å². The summed E-state index contributed by atoms with van der Waals surface area (Å²) in [6.45, 7) is 1.79. The van der Waals surface area contributed by atoms with Crippen molar-refractivity contribution in [2.24, 2.45) is 0 Å². The van der Waals surface area contributed by atoms with Crippen molar-refractivity contribution in [3.63, 3.8) is 0 Å². The van der Waals surface area contributed by atoms with Crippen molar-refractivity contribution in [2.45, 2.75) is 13.1 Å². The number of nitrogens with one attached hydrogen (secondary N) is 1. The number of ether oxygens (including phenoxy) is 1. The van der Waals surface area contributed by atoms with Gasteiger partial charge in [-0.1, -0.05) is 0 Å². The average molecular weight is 426 g/mol. The van der Waals surface area contributed by atoms with Gasteiger partial charge >= 0.3 is 6.18 Å². The second kappa shape index (κ2) is 7.75. The van der Waals surface area contributed by atoms with Crippen LogP contribution < -0.4 is 10.1 Å². The minimum Gasteiger partial charge on any atom is -0.497 e. The Bertz CT molecular complexity index is 1260. The fourth-order valence-electron chi connectivity index (χ4n) is 3.23. The van der Waals surface area contributed by atoms with Crippen molar-refractivity contribution in [3.05, 3.63) is 77.9 Å². The highest BCUT2D eigenvalue weighted by Crippen LogP contribution is 2.35. The number of pyridine rings is 1. The van der Waals surface area contributed by atoms with Gasteiger partial charge in [-0.25, -0.2) is 4.98 Å². The molecule has 0 saturated heterocycles. The number of methoxy groups -OCH3 is 1. The Morgan fingerprint density at radius 2 is 1.84 bits per heavy atom. The second-order valence-corrected chi connectivity index (χ2v) is 6.81. The summed E-state index contributed by atoms with van der Waals surface area (Å²) in [5, 5.41) is 2.73. The van der Waals surface area contributed by atoms with Crippen LogP contribution in [0.25, 0.3) is 16.7 Å². The summed E-state index contributed by atoms with van der Waals surface area (Å²) in [6.07, 6.45) is -1.61. The van der Waals surface area contributed by atoms with E-state index in [9.17, 15) is 18.0 Å². The molecule has 4 aromatic rings. The lowest BCUT2D eigenvalue weighted by Gasteiger charge is -2.13. The predicted molar refractivity (Wildman–Crippen MR) is 110 cm³/mol. The molecule has 1 amide bonds. The van der Waals surface area contributed by atoms with Gasteiger partial charge in [0.05, 0.1) is 23.7 Å². The predicted octanol–water partition coefficient (Wildman–Crippen LogP) is 5.01. The van der Waals surface area contributed by atoms with Crippen LogP contribution in [0.2, 0.25) is 0 Å². The Hall–Kier alpha value is -3.88. The van der Waals surface area contributed by atoms with Gasteiger partial charge in [0.2, 0.25) is 5.82 Å². The molecule has 9 heteroatoms. The number of rotatable bonds is 4. The number of aryl methyl sites for hydroxylation is 1. The van der Waals surface area contributed by atoms with E-state index in [0.29, 0.717) is 17.0 Å². The first-order valence-corrected chi connectivity index (χ1v) is 9.24. The number of imidazole rings is 1. The molecule has 0 bridgehead atoms. The molecule has 0 fully saturated rings. The standard InChI is InChI=1S/C22H17F3N4O2/c1-13-9-10-26-12-17(13)20(30)27-14-3-5-15(6-4-14)29-19-8-7-16(31-2)11-18(19)28-21(29)22(23,24)25/h3-12H,1-2H3,(H,27,30). The number of benzene rings is 2. The maximum absolute atomic E-state index is 13.7. The van der Waals surface area contributed by atoms with Gasteiger partial charge in [0.1, 0.15) is 5.75 Å². The molecule has 6 nitrogen and oxygen atoms in total. The number of amides is 1. The van der Waals surface area contributed by atoms with Crippen molar-refractivity contribution in [2.75, 3.05) is 12.4 Å². The zero-order chi connectivity index (χ0) is 22.2. The first-order valence-electron chi connectivity index (χ1n) is 9.24. The number of hydrogen-bond donors (Lipinski definition) is 1. The lowest BCUT2D eigenvalue weighted by Crippen LogP contribution is -2.15. The number of anilines is 1. The van der Waals surface area contributed by atoms with Crippen LogP contribution in [-0.2, 0) is 6.18 Å². The van der Waals surface area contributed by atoms with Crippen LogP contribution in [0.4, 0.5) is 18.9 Å². The molecule has 0 aliphatic heterocycles. The van der Waals surface area contributed by atoms with E-state index >= 15 is 0 Å². The van der Waals surface area contributed by atoms with Crippen LogP contribution in [0.5, 0.6) is 5.75 Å². The van der Waals surface area contributed by atoms with Crippen molar-refractivity contribution < 1.29 is 22.7 Å². The van der Waals surface area contributed by atoms with Gasteiger partial charge in [0.25, 0.3) is 5.91 Å². The zero-order valence-corrected chi connectivity index (χ0v) is 16.6. The van der Waals surface area contributed by atoms with Crippen LogP contribution >= 0.6 is 0 Å². The van der Waals surface area contributed by atoms with Crippen LogP contribution in [0.15, 0.2) is 60.9 Å². The molecule has 2 heterocycles. The molecule has 0 radical (unpaired) electrons. The molecule has 0 aliphatic carbocycles. The maximum atomic E-state index is 13.7. The summed E-state index contributed by atoms with van der Waals surface area (Å²) < 4.78 is 47.1. The summed E-state index contributed by atoms with van der Waals surface area (Å²) in [6, 6.07) is 12.3. The molecule has 2 aromatic carbocycles. The molecular formula is C22H17F3N4O2. The first-order chi connectivity index (χ1) is 14.8. The van der Waals surface area contributed by atoms with Gasteiger partial charge in [0.15, 0.2) is 0 Å². The Balaban J connectivity index is 1.70. The summed E-state index contributed by atoms with van der Waals surface area (Å²) >= 11 is 0. The van der Waals surface area contributed by atoms with Gasteiger partial charge in [-0.3, -0.25) is 14.3 Å². The summed E-state index contributed by atoms with van der Waals surface area (Å²) in [5.74, 6) is -0.984. The van der Waals surface area contributed by atoms with E-state index in [4.69, 9.17) is 4.74 Å². The number of alkyl halides is 3. The smallest absolute Gasteiger partial charge is 0.450 e. The maximum Gasteiger partial charge on any atom is 0.450 e. The molecular weight excluding hydrogens is 409 g/mol. The summed E-state index contributed by atoms with van der Waals surface area (Å²) in [5.41, 5.74) is 2.33. The highest BCUT2D eigenvalue weighted by atomic mass is 19.4. The van der Waals surface area contributed by atoms with Crippen LogP contribution in [0.1, 0.15) is 21.7 Å². The lowest BCUT2D eigenvalue weighted by molar-refractivity contribution is -0.145. The van der Waals surface area contributed by atoms with Crippen LogP contribution in [-0.4, -0.2) is 27.6 Å². The molecule has 1 N–H and O–H groups in total. The Morgan fingerprint density at radius 1 is 1.10 bits per heavy atom. The molecule has 0 unspecified atom stereocenters. The second-order valence-electron chi connectivity index (χ2n) is 6.81. The number of halogens is 3. The van der Waals surface area contributed by atoms with E-state index in [0.717, 1.165) is 10.1 Å². The molecule has 0 aliphatic rings. The van der Waals surface area contributed by atoms with Crippen molar-refractivity contribution in [3.8, 4) is 11.4 Å². The third kappa shape index (κ3) is 3.94. The van der Waals surface area contributed by atoms with Crippen LogP contribution in [0.3, 0.4) is 0 Å². The summed E-state index contributed by atoms with van der Waals surface area (Å²) in [7, 11) is 1.43. The normalized spacial score (nSPS) is 11.5. The zero-order valence-electron chi connectivity index (χ0n) is 16.6. The summed E-state index contributed by atoms with van der Waals surface area (Å²) in [4.78, 5) is 20.2. The number of hydrogen-bond acceptors (Lipinski definition) is 4. The van der Waals surface area contributed by atoms with E-state index in [2.05, 4.69) is 15.3 Å². The Labute approximate surface area is 175 Å². The minimum absolute atomic E-state index is 0.163. The SMILES string of the molecule is COc1ccc2c(c1)nc(C(F)(F)F)n2-c1ccc(NC(=O)c2cnccc2C)cc1. The lowest BCUT2D eigenvalue weighted by atomic mass is 10.1. The van der Waals surface area contributed by atoms with Gasteiger partial charge in [-0.2, -0.15) is 13.2 Å². The average Bonchev–Trinajstić information content (AvgIpc) is 3.14. The number of nitrogens with zero attached hydrogens (tertiary/aromatic N) is 3. The van der Waals surface area contributed by atoms with Crippen LogP contribution in [0, 0.1) is 6.92 Å². The Morgan fingerprint density at radius 3 is 2.48 bits per heavy atom. The van der Waals surface area contributed by atoms with Gasteiger partial charge in [0, 0.05) is 29.8 Å². The fourth-order valence-corrected chi connectivity index (χ4v) is 3.23. The first kappa shape index (κ1) is 20.4. The molecule has 31 heavy (non-hydrogen) atoms. The number of fused-ring (bicyclic) bond motifs is 1. The highest BCUT2D eigenvalue weighted by molar-refractivity contribution is 6.05. The monoisotopic (exact) mass is 426 g/mol. The molecule has 0 spiro atoms. The molecule has 0 atom stereocenters. The third-order valence-electron chi connectivity index (χ3n) is 4.78. The van der Waals surface area contributed by atoms with Crippen molar-refractivity contribution >= 4 is 22.6 Å². The topological polar surface area (TPSA) is 69.0 Å². The van der Waals surface area contributed by atoms with E-state index in [-0.39, 0.29) is 22.6 Å². The molecule has 4 rings (SSSR count). The number of aromatic nitrogens is 3. The largest absolute Gasteiger partial charge is 0.497 e. The Kier molecular flexibility index (Phi) is 5.10. The van der Waals surface area contributed by atoms with E-state index in [1.165, 1.54) is 49.7 Å². The highest BCUT2D eigenvalue weighted by Gasteiger charge is 2.38. The van der Waals surface area contributed by atoms with Crippen molar-refractivity contribution in [1.29, 1.82) is 0 Å². The van der Waals surface area contributed by atoms with Crippen molar-refractivity contribution in [1.82, 2.24) is 14.5 Å². The number of carbonyl (C=O) groups is 1. The fraction of sp³-hybridized carbons (Fsp3) is 0.136. The molecule has 0 saturated carbocycles. The quantitative estimate of drug-likeness (QED) is 0.498. The van der Waals surface area contributed by atoms with E-state index in [1.54, 1.807) is 25.3 Å². The molecule has 158 valence electrons. The van der Waals surface area contributed by atoms with Gasteiger partial charge < -0.3 is 10.1 Å². The minimum atomic E-state index is -4.66. The van der Waals surface area contributed by atoms with E-state index < -0.39 is 12.0 Å².